The van der Waals surface area contributed by atoms with E-state index in [2.05, 4.69) is 10.6 Å². The van der Waals surface area contributed by atoms with Crippen LogP contribution in [0.5, 0.6) is 0 Å². The molecule has 0 spiro atoms. The number of nitrogens with two attached hydrogens (primary N) is 1. The minimum atomic E-state index is -0.634. The van der Waals surface area contributed by atoms with Crippen molar-refractivity contribution in [1.82, 2.24) is 0 Å². The quantitative estimate of drug-likeness (QED) is 0.271. The van der Waals surface area contributed by atoms with Crippen LogP contribution in [0.25, 0.3) is 0 Å². The Balaban J connectivity index is 1.59. The van der Waals surface area contributed by atoms with Gasteiger partial charge in [0, 0.05) is 28.3 Å². The number of primary amides is 1. The highest BCUT2D eigenvalue weighted by Crippen LogP contribution is 2.23. The molecule has 0 fully saturated rings. The van der Waals surface area contributed by atoms with E-state index in [0.29, 0.717) is 11.4 Å². The fraction of sp³-hybridized carbons (Fsp3) is 0.0455. The topological polar surface area (TPSA) is 144 Å². The summed E-state index contributed by atoms with van der Waals surface area (Å²) in [6.07, 6.45) is 0. The predicted molar refractivity (Wildman–Crippen MR) is 122 cm³/mol. The van der Waals surface area contributed by atoms with E-state index in [1.807, 2.05) is 0 Å². The van der Waals surface area contributed by atoms with Crippen LogP contribution < -0.4 is 16.4 Å². The highest BCUT2D eigenvalue weighted by molar-refractivity contribution is 8.00. The van der Waals surface area contributed by atoms with Gasteiger partial charge in [0.25, 0.3) is 17.5 Å². The Morgan fingerprint density at radius 1 is 0.938 bits per heavy atom. The van der Waals surface area contributed by atoms with Crippen molar-refractivity contribution in [3.63, 3.8) is 0 Å². The maximum Gasteiger partial charge on any atom is 0.269 e. The largest absolute Gasteiger partial charge is 0.366 e. The molecular formula is C22H18N4O5S. The van der Waals surface area contributed by atoms with Gasteiger partial charge < -0.3 is 16.4 Å². The third-order valence-electron chi connectivity index (χ3n) is 4.27. The number of nitrogens with zero attached hydrogens (tertiary/aromatic N) is 1. The summed E-state index contributed by atoms with van der Waals surface area (Å²) >= 11 is 1.25. The SMILES string of the molecule is NC(=O)c1ccccc1NC(=O)CSc1cccc(NC(=O)c2ccc([N+](=O)[O-])cc2)c1. The van der Waals surface area contributed by atoms with Crippen molar-refractivity contribution >= 4 is 46.5 Å². The van der Waals surface area contributed by atoms with Gasteiger partial charge in [-0.25, -0.2) is 0 Å². The van der Waals surface area contributed by atoms with Gasteiger partial charge in [0.2, 0.25) is 5.91 Å². The first-order valence-electron chi connectivity index (χ1n) is 9.31. The molecule has 0 heterocycles. The number of amides is 3. The van der Waals surface area contributed by atoms with Crippen LogP contribution in [-0.4, -0.2) is 28.4 Å². The molecule has 0 unspecified atom stereocenters. The summed E-state index contributed by atoms with van der Waals surface area (Å²) in [7, 11) is 0. The summed E-state index contributed by atoms with van der Waals surface area (Å²) < 4.78 is 0. The average Bonchev–Trinajstić information content (AvgIpc) is 2.78. The molecule has 0 atom stereocenters. The van der Waals surface area contributed by atoms with Crippen molar-refractivity contribution in [2.24, 2.45) is 5.73 Å². The molecule has 0 aromatic heterocycles. The normalized spacial score (nSPS) is 10.2. The number of carbonyl (C=O) groups is 3. The number of benzene rings is 3. The Labute approximate surface area is 187 Å². The Kier molecular flexibility index (Phi) is 7.19. The van der Waals surface area contributed by atoms with E-state index in [1.54, 1.807) is 42.5 Å². The summed E-state index contributed by atoms with van der Waals surface area (Å²) in [5, 5.41) is 16.1. The zero-order valence-electron chi connectivity index (χ0n) is 16.6. The van der Waals surface area contributed by atoms with Crippen LogP contribution in [0.3, 0.4) is 0 Å². The van der Waals surface area contributed by atoms with Gasteiger partial charge >= 0.3 is 0 Å². The molecule has 0 radical (unpaired) electrons. The van der Waals surface area contributed by atoms with Gasteiger partial charge in [-0.15, -0.1) is 11.8 Å². The van der Waals surface area contributed by atoms with Crippen molar-refractivity contribution in [3.05, 3.63) is 94.0 Å². The first-order valence-corrected chi connectivity index (χ1v) is 10.3. The lowest BCUT2D eigenvalue weighted by atomic mass is 10.1. The average molecular weight is 450 g/mol. The highest BCUT2D eigenvalue weighted by Gasteiger charge is 2.12. The number of hydrogen-bond donors (Lipinski definition) is 3. The first-order chi connectivity index (χ1) is 15.3. The smallest absolute Gasteiger partial charge is 0.269 e. The minimum Gasteiger partial charge on any atom is -0.366 e. The molecule has 3 rings (SSSR count). The number of nitro groups is 1. The van der Waals surface area contributed by atoms with E-state index in [-0.39, 0.29) is 28.5 Å². The second kappa shape index (κ2) is 10.2. The van der Waals surface area contributed by atoms with Crippen molar-refractivity contribution < 1.29 is 19.3 Å². The van der Waals surface area contributed by atoms with Gasteiger partial charge in [0.1, 0.15) is 0 Å². The number of anilines is 2. The second-order valence-electron chi connectivity index (χ2n) is 6.53. The lowest BCUT2D eigenvalue weighted by Gasteiger charge is -2.09. The Hall–Kier alpha value is -4.18. The molecular weight excluding hydrogens is 432 g/mol. The van der Waals surface area contributed by atoms with Crippen LogP contribution in [0.4, 0.5) is 17.1 Å². The molecule has 0 saturated carbocycles. The lowest BCUT2D eigenvalue weighted by molar-refractivity contribution is -0.384. The molecule has 162 valence electrons. The summed E-state index contributed by atoms with van der Waals surface area (Å²) in [4.78, 5) is 47.0. The first kappa shape index (κ1) is 22.5. The molecule has 0 aliphatic heterocycles. The number of para-hydroxylation sites is 1. The van der Waals surface area contributed by atoms with Crippen molar-refractivity contribution in [2.75, 3.05) is 16.4 Å². The van der Waals surface area contributed by atoms with E-state index in [4.69, 9.17) is 5.73 Å². The standard InChI is InChI=1S/C22H18N4O5S/c23-21(28)18-6-1-2-7-19(18)25-20(27)13-32-17-5-3-4-15(12-17)24-22(29)14-8-10-16(11-9-14)26(30)31/h1-12H,13H2,(H2,23,28)(H,24,29)(H,25,27). The van der Waals surface area contributed by atoms with E-state index in [9.17, 15) is 24.5 Å². The fourth-order valence-electron chi connectivity index (χ4n) is 2.74. The molecule has 3 aromatic carbocycles. The molecule has 3 aromatic rings. The van der Waals surface area contributed by atoms with Crippen LogP contribution in [0.1, 0.15) is 20.7 Å². The van der Waals surface area contributed by atoms with Crippen LogP contribution in [0.2, 0.25) is 0 Å². The monoisotopic (exact) mass is 450 g/mol. The third-order valence-corrected chi connectivity index (χ3v) is 5.26. The third kappa shape index (κ3) is 5.92. The highest BCUT2D eigenvalue weighted by atomic mass is 32.2. The molecule has 3 amide bonds. The maximum atomic E-state index is 12.4. The number of thioether (sulfide) groups is 1. The fourth-order valence-corrected chi connectivity index (χ4v) is 3.50. The number of nitro benzene ring substituents is 1. The maximum absolute atomic E-state index is 12.4. The number of non-ortho nitro benzene ring substituents is 1. The van der Waals surface area contributed by atoms with Gasteiger partial charge in [-0.2, -0.15) is 0 Å². The molecule has 0 aliphatic rings. The zero-order chi connectivity index (χ0) is 23.1. The van der Waals surface area contributed by atoms with Crippen LogP contribution in [0, 0.1) is 10.1 Å². The lowest BCUT2D eigenvalue weighted by Crippen LogP contribution is -2.19. The summed E-state index contributed by atoms with van der Waals surface area (Å²) in [6, 6.07) is 18.7. The Bertz CT molecular complexity index is 1180. The van der Waals surface area contributed by atoms with Gasteiger partial charge in [-0.1, -0.05) is 18.2 Å². The van der Waals surface area contributed by atoms with E-state index in [1.165, 1.54) is 42.1 Å². The van der Waals surface area contributed by atoms with Crippen LogP contribution >= 0.6 is 11.8 Å². The predicted octanol–water partition coefficient (Wildman–Crippen LogP) is 3.68. The molecule has 32 heavy (non-hydrogen) atoms. The number of hydrogen-bond acceptors (Lipinski definition) is 6. The Morgan fingerprint density at radius 2 is 1.66 bits per heavy atom. The van der Waals surface area contributed by atoms with Gasteiger partial charge in [0.05, 0.1) is 21.9 Å². The second-order valence-corrected chi connectivity index (χ2v) is 7.58. The number of carbonyl (C=O) groups excluding carboxylic acids is 3. The molecule has 10 heteroatoms. The van der Waals surface area contributed by atoms with Crippen molar-refractivity contribution in [2.45, 2.75) is 4.90 Å². The van der Waals surface area contributed by atoms with E-state index in [0.717, 1.165) is 4.90 Å². The molecule has 0 saturated heterocycles. The van der Waals surface area contributed by atoms with E-state index >= 15 is 0 Å². The van der Waals surface area contributed by atoms with Crippen molar-refractivity contribution in [1.29, 1.82) is 0 Å². The summed E-state index contributed by atoms with van der Waals surface area (Å²) in [5.41, 5.74) is 6.57. The van der Waals surface area contributed by atoms with Gasteiger partial charge in [0.15, 0.2) is 0 Å². The minimum absolute atomic E-state index is 0.0762. The molecule has 4 N–H and O–H groups in total. The molecule has 0 aliphatic carbocycles. The van der Waals surface area contributed by atoms with E-state index < -0.39 is 16.7 Å². The van der Waals surface area contributed by atoms with Crippen LogP contribution in [0.15, 0.2) is 77.7 Å². The summed E-state index contributed by atoms with van der Waals surface area (Å²) in [5.74, 6) is -1.29. The Morgan fingerprint density at radius 3 is 2.34 bits per heavy atom. The zero-order valence-corrected chi connectivity index (χ0v) is 17.4. The van der Waals surface area contributed by atoms with Gasteiger partial charge in [-0.05, 0) is 42.5 Å². The molecule has 0 bridgehead atoms. The van der Waals surface area contributed by atoms with Crippen molar-refractivity contribution in [3.8, 4) is 0 Å². The summed E-state index contributed by atoms with van der Waals surface area (Å²) in [6.45, 7) is 0. The van der Waals surface area contributed by atoms with Crippen LogP contribution in [-0.2, 0) is 4.79 Å². The number of rotatable bonds is 8. The number of nitrogens with one attached hydrogen (secondary N) is 2. The molecule has 9 nitrogen and oxygen atoms in total. The van der Waals surface area contributed by atoms with Gasteiger partial charge in [-0.3, -0.25) is 24.5 Å².